The van der Waals surface area contributed by atoms with Gasteiger partial charge in [-0.15, -0.1) is 0 Å². The highest BCUT2D eigenvalue weighted by atomic mass is 35.5. The summed E-state index contributed by atoms with van der Waals surface area (Å²) in [5.41, 5.74) is 0.270. The van der Waals surface area contributed by atoms with E-state index < -0.39 is 4.92 Å². The molecule has 0 bridgehead atoms. The molecule has 0 spiro atoms. The van der Waals surface area contributed by atoms with Gasteiger partial charge < -0.3 is 10.6 Å². The maximum atomic E-state index is 10.6. The Bertz CT molecular complexity index is 496. The summed E-state index contributed by atoms with van der Waals surface area (Å²) >= 11 is 11.9. The zero-order chi connectivity index (χ0) is 13.1. The van der Waals surface area contributed by atoms with Crippen molar-refractivity contribution in [1.82, 2.24) is 5.32 Å². The summed E-state index contributed by atoms with van der Waals surface area (Å²) in [7, 11) is 0. The molecule has 18 heavy (non-hydrogen) atoms. The van der Waals surface area contributed by atoms with Crippen molar-refractivity contribution in [2.24, 2.45) is 4.99 Å². The largest absolute Gasteiger partial charge is 0.356 e. The maximum absolute atomic E-state index is 10.6. The van der Waals surface area contributed by atoms with E-state index in [0.717, 1.165) is 19.5 Å². The molecule has 1 heterocycles. The predicted molar refractivity (Wildman–Crippen MR) is 71.7 cm³/mol. The van der Waals surface area contributed by atoms with Crippen LogP contribution in [0.5, 0.6) is 0 Å². The van der Waals surface area contributed by atoms with Crippen molar-refractivity contribution < 1.29 is 4.92 Å². The summed E-state index contributed by atoms with van der Waals surface area (Å²) in [6.45, 7) is 1.53. The first-order chi connectivity index (χ1) is 8.58. The predicted octanol–water partition coefficient (Wildman–Crippen LogP) is 2.66. The molecule has 0 aromatic heterocycles. The van der Waals surface area contributed by atoms with Crippen LogP contribution in [0.25, 0.3) is 0 Å². The van der Waals surface area contributed by atoms with Crippen LogP contribution in [0.15, 0.2) is 17.1 Å². The third kappa shape index (κ3) is 2.83. The molecule has 1 aromatic rings. The average Bonchev–Trinajstić information content (AvgIpc) is 2.34. The fourth-order valence-electron chi connectivity index (χ4n) is 1.52. The minimum absolute atomic E-state index is 0.144. The van der Waals surface area contributed by atoms with E-state index in [-0.39, 0.29) is 15.7 Å². The number of guanidine groups is 1. The van der Waals surface area contributed by atoms with Gasteiger partial charge in [-0.1, -0.05) is 23.2 Å². The summed E-state index contributed by atoms with van der Waals surface area (Å²) in [6.07, 6.45) is 0.965. The van der Waals surface area contributed by atoms with E-state index in [1.165, 1.54) is 12.1 Å². The summed E-state index contributed by atoms with van der Waals surface area (Å²) in [4.78, 5) is 14.3. The van der Waals surface area contributed by atoms with E-state index in [1.54, 1.807) is 0 Å². The van der Waals surface area contributed by atoms with Crippen molar-refractivity contribution in [3.63, 3.8) is 0 Å². The van der Waals surface area contributed by atoms with Crippen LogP contribution in [0.3, 0.4) is 0 Å². The first-order valence-electron chi connectivity index (χ1n) is 5.26. The van der Waals surface area contributed by atoms with Gasteiger partial charge in [-0.05, 0) is 6.42 Å². The van der Waals surface area contributed by atoms with E-state index in [1.807, 2.05) is 0 Å². The van der Waals surface area contributed by atoms with E-state index >= 15 is 0 Å². The maximum Gasteiger partial charge on any atom is 0.272 e. The molecule has 0 saturated carbocycles. The van der Waals surface area contributed by atoms with Gasteiger partial charge in [-0.25, -0.2) is 0 Å². The molecular weight excluding hydrogens is 279 g/mol. The second kappa shape index (κ2) is 5.41. The first kappa shape index (κ1) is 12.9. The topological polar surface area (TPSA) is 79.6 Å². The number of non-ortho nitro benzene ring substituents is 1. The average molecular weight is 289 g/mol. The van der Waals surface area contributed by atoms with Gasteiger partial charge in [0.15, 0.2) is 5.96 Å². The third-order valence-electron chi connectivity index (χ3n) is 2.38. The molecule has 96 valence electrons. The van der Waals surface area contributed by atoms with Crippen LogP contribution in [0, 0.1) is 10.1 Å². The normalized spacial score (nSPS) is 14.7. The number of nitro groups is 1. The Morgan fingerprint density at radius 1 is 1.39 bits per heavy atom. The number of nitro benzene ring substituents is 1. The molecule has 0 saturated heterocycles. The quantitative estimate of drug-likeness (QED) is 0.648. The van der Waals surface area contributed by atoms with Crippen LogP contribution in [-0.4, -0.2) is 24.0 Å². The van der Waals surface area contributed by atoms with Crippen molar-refractivity contribution in [2.75, 3.05) is 18.4 Å². The molecule has 2 rings (SSSR count). The van der Waals surface area contributed by atoms with Crippen LogP contribution >= 0.6 is 23.2 Å². The lowest BCUT2D eigenvalue weighted by atomic mass is 10.2. The van der Waals surface area contributed by atoms with E-state index in [4.69, 9.17) is 23.2 Å². The molecule has 1 aliphatic heterocycles. The summed E-state index contributed by atoms with van der Waals surface area (Å²) in [6, 6.07) is 2.50. The lowest BCUT2D eigenvalue weighted by Gasteiger charge is -2.17. The van der Waals surface area contributed by atoms with Crippen LogP contribution in [0.4, 0.5) is 11.4 Å². The van der Waals surface area contributed by atoms with E-state index in [9.17, 15) is 10.1 Å². The summed E-state index contributed by atoms with van der Waals surface area (Å²) < 4.78 is 0. The van der Waals surface area contributed by atoms with Gasteiger partial charge in [-0.3, -0.25) is 15.1 Å². The molecule has 2 N–H and O–H groups in total. The van der Waals surface area contributed by atoms with Gasteiger partial charge in [0.1, 0.15) is 0 Å². The first-order valence-corrected chi connectivity index (χ1v) is 6.02. The Balaban J connectivity index is 2.28. The fraction of sp³-hybridized carbons (Fsp3) is 0.300. The third-order valence-corrected chi connectivity index (χ3v) is 2.97. The molecule has 6 nitrogen and oxygen atoms in total. The SMILES string of the molecule is O=[N+]([O-])c1cc(Cl)c(NC2=NCCCN2)c(Cl)c1. The number of nitrogens with one attached hydrogen (secondary N) is 2. The zero-order valence-corrected chi connectivity index (χ0v) is 10.8. The molecule has 8 heteroatoms. The standard InChI is InChI=1S/C10H10Cl2N4O2/c11-7-4-6(16(17)18)5-8(12)9(7)15-10-13-2-1-3-14-10/h4-5H,1-3H2,(H2,13,14,15). The van der Waals surface area contributed by atoms with Gasteiger partial charge in [0, 0.05) is 25.2 Å². The molecule has 1 aliphatic rings. The second-order valence-corrected chi connectivity index (χ2v) is 4.49. The van der Waals surface area contributed by atoms with Crippen LogP contribution in [-0.2, 0) is 0 Å². The van der Waals surface area contributed by atoms with Gasteiger partial charge in [0.2, 0.25) is 0 Å². The Labute approximate surface area is 113 Å². The molecule has 0 amide bonds. The number of hydrogen-bond acceptors (Lipinski definition) is 5. The molecule has 0 radical (unpaired) electrons. The van der Waals surface area contributed by atoms with Crippen LogP contribution < -0.4 is 10.6 Å². The molecule has 0 atom stereocenters. The Hall–Kier alpha value is -1.53. The van der Waals surface area contributed by atoms with Crippen molar-refractivity contribution >= 4 is 40.5 Å². The molecule has 0 fully saturated rings. The number of rotatable bonds is 2. The number of hydrogen-bond donors (Lipinski definition) is 2. The highest BCUT2D eigenvalue weighted by Gasteiger charge is 2.16. The smallest absolute Gasteiger partial charge is 0.272 e. The van der Waals surface area contributed by atoms with Gasteiger partial charge >= 0.3 is 0 Å². The van der Waals surface area contributed by atoms with Crippen molar-refractivity contribution in [2.45, 2.75) is 6.42 Å². The van der Waals surface area contributed by atoms with Crippen molar-refractivity contribution in [1.29, 1.82) is 0 Å². The van der Waals surface area contributed by atoms with Gasteiger partial charge in [0.05, 0.1) is 20.7 Å². The molecule has 0 unspecified atom stereocenters. The highest BCUT2D eigenvalue weighted by molar-refractivity contribution is 6.40. The monoisotopic (exact) mass is 288 g/mol. The van der Waals surface area contributed by atoms with Gasteiger partial charge in [0.25, 0.3) is 5.69 Å². The molecular formula is C10H10Cl2N4O2. The van der Waals surface area contributed by atoms with E-state index in [2.05, 4.69) is 15.6 Å². The summed E-state index contributed by atoms with van der Waals surface area (Å²) in [5, 5.41) is 17.0. The Morgan fingerprint density at radius 2 is 2.06 bits per heavy atom. The number of anilines is 1. The lowest BCUT2D eigenvalue weighted by Crippen LogP contribution is -2.35. The van der Waals surface area contributed by atoms with Crippen molar-refractivity contribution in [3.8, 4) is 0 Å². The number of benzene rings is 1. The zero-order valence-electron chi connectivity index (χ0n) is 9.24. The molecule has 0 aliphatic carbocycles. The number of aliphatic imine (C=N–C) groups is 1. The molecule has 1 aromatic carbocycles. The van der Waals surface area contributed by atoms with E-state index in [0.29, 0.717) is 11.6 Å². The Morgan fingerprint density at radius 3 is 2.56 bits per heavy atom. The van der Waals surface area contributed by atoms with Gasteiger partial charge in [-0.2, -0.15) is 0 Å². The fourth-order valence-corrected chi connectivity index (χ4v) is 2.09. The van der Waals surface area contributed by atoms with Crippen LogP contribution in [0.2, 0.25) is 10.0 Å². The van der Waals surface area contributed by atoms with Crippen molar-refractivity contribution in [3.05, 3.63) is 32.3 Å². The second-order valence-electron chi connectivity index (χ2n) is 3.68. The Kier molecular flexibility index (Phi) is 3.88. The van der Waals surface area contributed by atoms with Crippen LogP contribution in [0.1, 0.15) is 6.42 Å². The number of nitrogens with zero attached hydrogens (tertiary/aromatic N) is 2. The summed E-state index contributed by atoms with van der Waals surface area (Å²) in [5.74, 6) is 0.568. The highest BCUT2D eigenvalue weighted by Crippen LogP contribution is 2.34. The minimum Gasteiger partial charge on any atom is -0.356 e. The lowest BCUT2D eigenvalue weighted by molar-refractivity contribution is -0.384. The minimum atomic E-state index is -0.544. The number of halogens is 2.